The molecule has 28 heavy (non-hydrogen) atoms. The molecule has 1 atom stereocenters. The predicted molar refractivity (Wildman–Crippen MR) is 107 cm³/mol. The van der Waals surface area contributed by atoms with E-state index in [4.69, 9.17) is 0 Å². The molecule has 0 aliphatic heterocycles. The van der Waals surface area contributed by atoms with E-state index in [2.05, 4.69) is 22.6 Å². The zero-order valence-corrected chi connectivity index (χ0v) is 16.6. The molecule has 8 heteroatoms. The monoisotopic (exact) mass is 390 g/mol. The van der Waals surface area contributed by atoms with Crippen LogP contribution < -0.4 is 10.6 Å². The van der Waals surface area contributed by atoms with E-state index in [-0.39, 0.29) is 17.2 Å². The van der Waals surface area contributed by atoms with Crippen LogP contribution in [-0.2, 0) is 4.79 Å². The normalized spacial score (nSPS) is 15.8. The first-order chi connectivity index (χ1) is 13.4. The van der Waals surface area contributed by atoms with Crippen molar-refractivity contribution in [3.05, 3.63) is 39.9 Å². The third-order valence-electron chi connectivity index (χ3n) is 5.24. The Morgan fingerprint density at radius 1 is 1.29 bits per heavy atom. The molecule has 154 valence electrons. The molecule has 1 aliphatic carbocycles. The molecule has 0 aromatic heterocycles. The molecule has 0 spiro atoms. The lowest BCUT2D eigenvalue weighted by molar-refractivity contribution is -0.384. The summed E-state index contributed by atoms with van der Waals surface area (Å²) in [5, 5.41) is 16.2. The van der Waals surface area contributed by atoms with E-state index in [1.165, 1.54) is 56.4 Å². The lowest BCUT2D eigenvalue weighted by Gasteiger charge is -2.31. The van der Waals surface area contributed by atoms with Gasteiger partial charge in [0.1, 0.15) is 6.04 Å². The van der Waals surface area contributed by atoms with Crippen LogP contribution in [0.4, 0.5) is 5.69 Å². The minimum absolute atomic E-state index is 0.156. The van der Waals surface area contributed by atoms with E-state index in [9.17, 15) is 19.7 Å². The average Bonchev–Trinajstić information content (AvgIpc) is 2.71. The second-order valence-electron chi connectivity index (χ2n) is 7.42. The fourth-order valence-corrected chi connectivity index (χ4v) is 3.50. The number of non-ortho nitro benzene ring substituents is 1. The van der Waals surface area contributed by atoms with E-state index < -0.39 is 16.9 Å². The van der Waals surface area contributed by atoms with Gasteiger partial charge in [-0.3, -0.25) is 19.7 Å². The van der Waals surface area contributed by atoms with Crippen LogP contribution in [-0.4, -0.2) is 53.9 Å². The van der Waals surface area contributed by atoms with E-state index in [1.807, 2.05) is 0 Å². The molecule has 1 aromatic rings. The third-order valence-corrected chi connectivity index (χ3v) is 5.24. The van der Waals surface area contributed by atoms with Crippen molar-refractivity contribution in [2.75, 3.05) is 20.1 Å². The highest BCUT2D eigenvalue weighted by molar-refractivity contribution is 5.97. The number of benzene rings is 1. The molecule has 8 nitrogen and oxygen atoms in total. The molecule has 2 amide bonds. The highest BCUT2D eigenvalue weighted by atomic mass is 16.6. The van der Waals surface area contributed by atoms with Crippen LogP contribution in [0.25, 0.3) is 0 Å². The number of carbonyl (C=O) groups excluding carboxylic acids is 2. The summed E-state index contributed by atoms with van der Waals surface area (Å²) in [7, 11) is 2.14. The summed E-state index contributed by atoms with van der Waals surface area (Å²) in [5.41, 5.74) is -0.00482. The molecule has 1 aromatic carbocycles. The van der Waals surface area contributed by atoms with Crippen LogP contribution in [0, 0.1) is 10.1 Å². The number of nitrogens with zero attached hydrogens (tertiary/aromatic N) is 2. The van der Waals surface area contributed by atoms with Gasteiger partial charge in [0, 0.05) is 30.3 Å². The maximum Gasteiger partial charge on any atom is 0.270 e. The molecule has 1 aliphatic rings. The van der Waals surface area contributed by atoms with E-state index in [0.29, 0.717) is 12.6 Å². The van der Waals surface area contributed by atoms with Crippen LogP contribution in [0.15, 0.2) is 24.3 Å². The van der Waals surface area contributed by atoms with Crippen molar-refractivity contribution < 1.29 is 14.5 Å². The minimum Gasteiger partial charge on any atom is -0.354 e. The minimum atomic E-state index is -0.720. The molecule has 1 fully saturated rings. The van der Waals surface area contributed by atoms with Gasteiger partial charge in [-0.1, -0.05) is 25.3 Å². The summed E-state index contributed by atoms with van der Waals surface area (Å²) in [6, 6.07) is 5.37. The Labute approximate surface area is 165 Å². The molecule has 0 heterocycles. The second kappa shape index (κ2) is 10.8. The molecule has 0 radical (unpaired) electrons. The summed E-state index contributed by atoms with van der Waals surface area (Å²) in [6.07, 6.45) is 7.29. The fraction of sp³-hybridized carbons (Fsp3) is 0.600. The fourth-order valence-electron chi connectivity index (χ4n) is 3.50. The molecule has 1 saturated carbocycles. The van der Waals surface area contributed by atoms with Gasteiger partial charge >= 0.3 is 0 Å². The number of hydrogen-bond acceptors (Lipinski definition) is 5. The summed E-state index contributed by atoms with van der Waals surface area (Å²) in [6.45, 7) is 3.07. The lowest BCUT2D eigenvalue weighted by atomic mass is 9.94. The lowest BCUT2D eigenvalue weighted by Crippen LogP contribution is -2.45. The van der Waals surface area contributed by atoms with Crippen LogP contribution in [0.3, 0.4) is 0 Å². The van der Waals surface area contributed by atoms with Crippen molar-refractivity contribution in [1.29, 1.82) is 0 Å². The van der Waals surface area contributed by atoms with Gasteiger partial charge in [-0.15, -0.1) is 0 Å². The van der Waals surface area contributed by atoms with Crippen molar-refractivity contribution in [2.24, 2.45) is 0 Å². The Morgan fingerprint density at radius 3 is 2.68 bits per heavy atom. The second-order valence-corrected chi connectivity index (χ2v) is 7.42. The van der Waals surface area contributed by atoms with E-state index in [0.717, 1.165) is 13.0 Å². The zero-order chi connectivity index (χ0) is 20.5. The molecule has 2 rings (SSSR count). The molecule has 0 saturated heterocycles. The summed E-state index contributed by atoms with van der Waals surface area (Å²) in [5.74, 6) is -0.775. The van der Waals surface area contributed by atoms with Crippen LogP contribution in [0.2, 0.25) is 0 Å². The Bertz CT molecular complexity index is 689. The SMILES string of the molecule is CC(NC(=O)c1cccc([N+](=O)[O-])c1)C(=O)NCCCN(C)C1CCCCC1. The van der Waals surface area contributed by atoms with Crippen LogP contribution in [0.5, 0.6) is 0 Å². The first kappa shape index (κ1) is 21.8. The van der Waals surface area contributed by atoms with Gasteiger partial charge in [-0.2, -0.15) is 0 Å². The Morgan fingerprint density at radius 2 is 2.00 bits per heavy atom. The zero-order valence-electron chi connectivity index (χ0n) is 16.6. The van der Waals surface area contributed by atoms with E-state index in [1.54, 1.807) is 6.92 Å². The first-order valence-electron chi connectivity index (χ1n) is 9.91. The average molecular weight is 390 g/mol. The number of nitro benzene ring substituents is 1. The Hall–Kier alpha value is -2.48. The molecule has 1 unspecified atom stereocenters. The highest BCUT2D eigenvalue weighted by Gasteiger charge is 2.19. The van der Waals surface area contributed by atoms with Crippen molar-refractivity contribution in [1.82, 2.24) is 15.5 Å². The van der Waals surface area contributed by atoms with Crippen LogP contribution in [0.1, 0.15) is 55.8 Å². The van der Waals surface area contributed by atoms with E-state index >= 15 is 0 Å². The quantitative estimate of drug-likeness (QED) is 0.383. The molecule has 2 N–H and O–H groups in total. The number of amides is 2. The van der Waals surface area contributed by atoms with Gasteiger partial charge in [-0.25, -0.2) is 0 Å². The largest absolute Gasteiger partial charge is 0.354 e. The number of rotatable bonds is 9. The Kier molecular flexibility index (Phi) is 8.38. The Balaban J connectivity index is 1.71. The highest BCUT2D eigenvalue weighted by Crippen LogP contribution is 2.21. The molecule has 0 bridgehead atoms. The van der Waals surface area contributed by atoms with Crippen LogP contribution >= 0.6 is 0 Å². The van der Waals surface area contributed by atoms with Crippen molar-refractivity contribution >= 4 is 17.5 Å². The summed E-state index contributed by atoms with van der Waals surface area (Å²) < 4.78 is 0. The van der Waals surface area contributed by atoms with Gasteiger partial charge in [0.05, 0.1) is 4.92 Å². The third kappa shape index (κ3) is 6.60. The van der Waals surface area contributed by atoms with Gasteiger partial charge in [-0.05, 0) is 45.8 Å². The van der Waals surface area contributed by atoms with Crippen molar-refractivity contribution in [3.8, 4) is 0 Å². The predicted octanol–water partition coefficient (Wildman–Crippen LogP) is 2.48. The standard InChI is InChI=1S/C20H30N4O4/c1-15(22-20(26)16-8-6-11-18(14-16)24(27)28)19(25)21-12-7-13-23(2)17-9-4-3-5-10-17/h6,8,11,14-15,17H,3-5,7,9-10,12-13H2,1-2H3,(H,21,25)(H,22,26). The number of carbonyl (C=O) groups is 2. The van der Waals surface area contributed by atoms with Gasteiger partial charge in [0.15, 0.2) is 0 Å². The number of nitrogens with one attached hydrogen (secondary N) is 2. The van der Waals surface area contributed by atoms with Gasteiger partial charge in [0.2, 0.25) is 5.91 Å². The van der Waals surface area contributed by atoms with Crippen molar-refractivity contribution in [3.63, 3.8) is 0 Å². The van der Waals surface area contributed by atoms with Gasteiger partial charge < -0.3 is 15.5 Å². The number of nitro groups is 1. The smallest absolute Gasteiger partial charge is 0.270 e. The first-order valence-corrected chi connectivity index (χ1v) is 9.91. The van der Waals surface area contributed by atoms with Gasteiger partial charge in [0.25, 0.3) is 11.6 Å². The van der Waals surface area contributed by atoms with Crippen molar-refractivity contribution in [2.45, 2.75) is 57.5 Å². The molecular formula is C20H30N4O4. The number of hydrogen-bond donors (Lipinski definition) is 2. The topological polar surface area (TPSA) is 105 Å². The maximum atomic E-state index is 12.2. The molecular weight excluding hydrogens is 360 g/mol. The summed E-state index contributed by atoms with van der Waals surface area (Å²) in [4.78, 5) is 37.0. The maximum absolute atomic E-state index is 12.2. The summed E-state index contributed by atoms with van der Waals surface area (Å²) >= 11 is 0.